The summed E-state index contributed by atoms with van der Waals surface area (Å²) in [6, 6.07) is 8.14. The molecule has 0 aliphatic heterocycles. The second kappa shape index (κ2) is 7.18. The molecule has 0 aliphatic carbocycles. The first-order valence-electron chi connectivity index (χ1n) is 8.05. The predicted molar refractivity (Wildman–Crippen MR) is 92.5 cm³/mol. The van der Waals surface area contributed by atoms with Gasteiger partial charge in [-0.05, 0) is 19.4 Å². The summed E-state index contributed by atoms with van der Waals surface area (Å²) in [5, 5.41) is 8.55. The number of nitrogens with zero attached hydrogens (tertiary/aromatic N) is 3. The van der Waals surface area contributed by atoms with Crippen molar-refractivity contribution in [3.8, 4) is 0 Å². The van der Waals surface area contributed by atoms with Crippen LogP contribution in [-0.2, 0) is 6.54 Å². The van der Waals surface area contributed by atoms with E-state index < -0.39 is 11.8 Å². The van der Waals surface area contributed by atoms with Crippen LogP contribution >= 0.6 is 0 Å². The number of hydrazine groups is 1. The Morgan fingerprint density at radius 2 is 1.85 bits per heavy atom. The predicted octanol–water partition coefficient (Wildman–Crippen LogP) is 1.18. The zero-order chi connectivity index (χ0) is 18.7. The van der Waals surface area contributed by atoms with Gasteiger partial charge in [0.15, 0.2) is 5.69 Å². The molecule has 2 N–H and O–H groups in total. The van der Waals surface area contributed by atoms with E-state index in [2.05, 4.69) is 21.1 Å². The van der Waals surface area contributed by atoms with E-state index in [1.165, 1.54) is 10.7 Å². The molecule has 0 fully saturated rings. The van der Waals surface area contributed by atoms with E-state index in [4.69, 9.17) is 4.52 Å². The van der Waals surface area contributed by atoms with E-state index in [1.807, 2.05) is 6.92 Å². The summed E-state index contributed by atoms with van der Waals surface area (Å²) in [4.78, 5) is 36.9. The molecule has 0 spiro atoms. The summed E-state index contributed by atoms with van der Waals surface area (Å²) in [6.45, 7) is 3.96. The molecular weight excluding hydrogens is 338 g/mol. The maximum Gasteiger partial charge on any atom is 0.308 e. The molecule has 0 saturated carbocycles. The normalized spacial score (nSPS) is 10.7. The van der Waals surface area contributed by atoms with Crippen LogP contribution in [0.25, 0.3) is 10.8 Å². The molecule has 0 bridgehead atoms. The number of carbonyl (C=O) groups excluding carboxylic acids is 2. The fourth-order valence-corrected chi connectivity index (χ4v) is 2.47. The molecule has 3 rings (SSSR count). The van der Waals surface area contributed by atoms with Crippen LogP contribution < -0.4 is 16.4 Å². The molecule has 26 heavy (non-hydrogen) atoms. The molecule has 3 aromatic rings. The third kappa shape index (κ3) is 3.32. The van der Waals surface area contributed by atoms with E-state index in [9.17, 15) is 14.4 Å². The molecule has 9 nitrogen and oxygen atoms in total. The summed E-state index contributed by atoms with van der Waals surface area (Å²) >= 11 is 0. The molecule has 9 heteroatoms. The highest BCUT2D eigenvalue weighted by molar-refractivity contribution is 6.05. The molecule has 0 radical (unpaired) electrons. The standard InChI is InChI=1S/C17H17N5O4/c1-3-8-22-17(25)12-7-5-4-6-11(12)14(20-22)16(24)19-18-15(23)13-9-10(2)21-26-13/h4-7,9H,3,8H2,1-2H3,(H,18,23)(H,19,24). The maximum absolute atomic E-state index is 12.5. The van der Waals surface area contributed by atoms with Crippen LogP contribution in [0.5, 0.6) is 0 Å². The number of amides is 2. The number of rotatable bonds is 4. The van der Waals surface area contributed by atoms with Gasteiger partial charge in [-0.15, -0.1) is 0 Å². The highest BCUT2D eigenvalue weighted by Gasteiger charge is 2.18. The Morgan fingerprint density at radius 1 is 1.15 bits per heavy atom. The summed E-state index contributed by atoms with van der Waals surface area (Å²) in [7, 11) is 0. The number of fused-ring (bicyclic) bond motifs is 1. The van der Waals surface area contributed by atoms with Crippen molar-refractivity contribution in [2.45, 2.75) is 26.8 Å². The monoisotopic (exact) mass is 355 g/mol. The first kappa shape index (κ1) is 17.3. The van der Waals surface area contributed by atoms with Gasteiger partial charge in [-0.2, -0.15) is 5.10 Å². The Bertz CT molecular complexity index is 1040. The van der Waals surface area contributed by atoms with Crippen molar-refractivity contribution < 1.29 is 14.1 Å². The minimum absolute atomic E-state index is 0.0310. The van der Waals surface area contributed by atoms with Crippen LogP contribution in [0, 0.1) is 6.92 Å². The van der Waals surface area contributed by atoms with Gasteiger partial charge in [0, 0.05) is 18.0 Å². The van der Waals surface area contributed by atoms with Crippen molar-refractivity contribution in [2.24, 2.45) is 0 Å². The molecule has 2 heterocycles. The molecule has 0 aliphatic rings. The van der Waals surface area contributed by atoms with Gasteiger partial charge in [-0.3, -0.25) is 25.2 Å². The minimum Gasteiger partial charge on any atom is -0.351 e. The van der Waals surface area contributed by atoms with E-state index >= 15 is 0 Å². The van der Waals surface area contributed by atoms with Gasteiger partial charge in [-0.1, -0.05) is 30.3 Å². The number of benzene rings is 1. The fraction of sp³-hybridized carbons (Fsp3) is 0.235. The molecule has 1 aromatic carbocycles. The second-order valence-corrected chi connectivity index (χ2v) is 5.66. The Kier molecular flexibility index (Phi) is 4.78. The SMILES string of the molecule is CCCn1nc(C(=O)NNC(=O)c2cc(C)no2)c2ccccc2c1=O. The van der Waals surface area contributed by atoms with Gasteiger partial charge in [0.25, 0.3) is 11.5 Å². The van der Waals surface area contributed by atoms with Gasteiger partial charge in [-0.25, -0.2) is 4.68 Å². The lowest BCUT2D eigenvalue weighted by molar-refractivity contribution is 0.0822. The number of nitrogens with one attached hydrogen (secondary N) is 2. The van der Waals surface area contributed by atoms with Crippen molar-refractivity contribution in [1.82, 2.24) is 25.8 Å². The Balaban J connectivity index is 1.89. The molecule has 2 amide bonds. The van der Waals surface area contributed by atoms with Crippen LogP contribution in [-0.4, -0.2) is 26.8 Å². The molecule has 0 unspecified atom stereocenters. The summed E-state index contributed by atoms with van der Waals surface area (Å²) in [6.07, 6.45) is 0.688. The van der Waals surface area contributed by atoms with Crippen LogP contribution in [0.1, 0.15) is 40.1 Å². The van der Waals surface area contributed by atoms with Crippen LogP contribution in [0.4, 0.5) is 0 Å². The number of aryl methyl sites for hydroxylation is 2. The van der Waals surface area contributed by atoms with Crippen LogP contribution in [0.3, 0.4) is 0 Å². The van der Waals surface area contributed by atoms with Gasteiger partial charge >= 0.3 is 5.91 Å². The van der Waals surface area contributed by atoms with Gasteiger partial charge in [0.2, 0.25) is 5.76 Å². The van der Waals surface area contributed by atoms with Crippen molar-refractivity contribution in [1.29, 1.82) is 0 Å². The second-order valence-electron chi connectivity index (χ2n) is 5.66. The van der Waals surface area contributed by atoms with E-state index in [0.29, 0.717) is 29.4 Å². The number of hydrogen-bond acceptors (Lipinski definition) is 6. The first-order valence-corrected chi connectivity index (χ1v) is 8.05. The number of aromatic nitrogens is 3. The van der Waals surface area contributed by atoms with Crippen molar-refractivity contribution >= 4 is 22.6 Å². The average Bonchev–Trinajstić information content (AvgIpc) is 3.08. The quantitative estimate of drug-likeness (QED) is 0.678. The number of hydrogen-bond donors (Lipinski definition) is 2. The third-order valence-electron chi connectivity index (χ3n) is 3.66. The number of carbonyl (C=O) groups is 2. The van der Waals surface area contributed by atoms with E-state index in [0.717, 1.165) is 0 Å². The van der Waals surface area contributed by atoms with Gasteiger partial charge in [0.1, 0.15) is 0 Å². The summed E-state index contributed by atoms with van der Waals surface area (Å²) in [5.74, 6) is -1.32. The minimum atomic E-state index is -0.648. The fourth-order valence-electron chi connectivity index (χ4n) is 2.47. The smallest absolute Gasteiger partial charge is 0.308 e. The van der Waals surface area contributed by atoms with Crippen LogP contribution in [0.15, 0.2) is 39.6 Å². The van der Waals surface area contributed by atoms with Crippen LogP contribution in [0.2, 0.25) is 0 Å². The lowest BCUT2D eigenvalue weighted by atomic mass is 10.1. The topological polar surface area (TPSA) is 119 Å². The van der Waals surface area contributed by atoms with E-state index in [-0.39, 0.29) is 17.0 Å². The van der Waals surface area contributed by atoms with Gasteiger partial charge < -0.3 is 4.52 Å². The average molecular weight is 355 g/mol. The zero-order valence-corrected chi connectivity index (χ0v) is 14.3. The first-order chi connectivity index (χ1) is 12.5. The third-order valence-corrected chi connectivity index (χ3v) is 3.66. The van der Waals surface area contributed by atoms with E-state index in [1.54, 1.807) is 31.2 Å². The summed E-state index contributed by atoms with van der Waals surface area (Å²) < 4.78 is 6.08. The molecular formula is C17H17N5O4. The molecule has 134 valence electrons. The molecule has 0 atom stereocenters. The highest BCUT2D eigenvalue weighted by atomic mass is 16.5. The Labute approximate surface area is 147 Å². The van der Waals surface area contributed by atoms with Crippen molar-refractivity contribution in [3.63, 3.8) is 0 Å². The Hall–Kier alpha value is -3.49. The van der Waals surface area contributed by atoms with Crippen molar-refractivity contribution in [2.75, 3.05) is 0 Å². The van der Waals surface area contributed by atoms with Gasteiger partial charge in [0.05, 0.1) is 11.1 Å². The largest absolute Gasteiger partial charge is 0.351 e. The lowest BCUT2D eigenvalue weighted by Gasteiger charge is -2.10. The Morgan fingerprint density at radius 3 is 2.50 bits per heavy atom. The zero-order valence-electron chi connectivity index (χ0n) is 14.3. The maximum atomic E-state index is 12.5. The summed E-state index contributed by atoms with van der Waals surface area (Å²) in [5.41, 5.74) is 4.85. The highest BCUT2D eigenvalue weighted by Crippen LogP contribution is 2.13. The van der Waals surface area contributed by atoms with Crippen molar-refractivity contribution in [3.05, 3.63) is 57.8 Å². The molecule has 2 aromatic heterocycles. The lowest BCUT2D eigenvalue weighted by Crippen LogP contribution is -2.42. The molecule has 0 saturated heterocycles.